The molecule has 0 atom stereocenters. The molecule has 0 aliphatic carbocycles. The smallest absolute Gasteiger partial charge is 0.323 e. The van der Waals surface area contributed by atoms with Crippen LogP contribution in [0.25, 0.3) is 32.6 Å². The molecular weight excluding hydrogens is 490 g/mol. The first-order valence-corrected chi connectivity index (χ1v) is 12.7. The molecule has 2 aromatic heterocycles. The van der Waals surface area contributed by atoms with Crippen molar-refractivity contribution in [2.75, 3.05) is 6.61 Å². The highest BCUT2D eigenvalue weighted by atomic mass is 32.2. The number of hydrogen-bond acceptors (Lipinski definition) is 6. The molecule has 0 radical (unpaired) electrons. The minimum atomic E-state index is -0.935. The molecular formula is C28H19N3O3S2. The van der Waals surface area contributed by atoms with Crippen LogP contribution < -0.4 is 4.74 Å². The number of carbonyl (C=O) groups is 1. The molecule has 5 aromatic rings. The molecule has 36 heavy (non-hydrogen) atoms. The number of nitriles is 1. The highest BCUT2D eigenvalue weighted by molar-refractivity contribution is 7.98. The zero-order valence-corrected chi connectivity index (χ0v) is 20.8. The van der Waals surface area contributed by atoms with E-state index in [2.05, 4.69) is 58.5 Å². The minimum absolute atomic E-state index is 0.229. The van der Waals surface area contributed by atoms with Gasteiger partial charge in [-0.15, -0.1) is 16.2 Å². The summed E-state index contributed by atoms with van der Waals surface area (Å²) in [5.41, 5.74) is 5.04. The summed E-state index contributed by atoms with van der Waals surface area (Å²) in [4.78, 5) is 24.1. The largest absolute Gasteiger partial charge is 0.482 e. The van der Waals surface area contributed by atoms with Gasteiger partial charge in [0.25, 0.3) is 0 Å². The number of hydrogen-bond donors (Lipinski definition) is 0. The third kappa shape index (κ3) is 4.42. The van der Waals surface area contributed by atoms with Crippen LogP contribution in [0.4, 0.5) is 0 Å². The van der Waals surface area contributed by atoms with E-state index in [1.165, 1.54) is 5.56 Å². The van der Waals surface area contributed by atoms with Gasteiger partial charge in [-0.05, 0) is 54.6 Å². The summed E-state index contributed by atoms with van der Waals surface area (Å²) < 4.78 is 7.73. The number of nitrogens with zero attached hydrogens (tertiary/aromatic N) is 3. The number of rotatable bonds is 7. The number of fused-ring (bicyclic) bond motifs is 1. The van der Waals surface area contributed by atoms with Crippen LogP contribution in [0.5, 0.6) is 5.75 Å². The summed E-state index contributed by atoms with van der Waals surface area (Å²) in [6.07, 6.45) is 0. The fourth-order valence-corrected chi connectivity index (χ4v) is 5.89. The highest BCUT2D eigenvalue weighted by Gasteiger charge is 2.24. The van der Waals surface area contributed by atoms with Crippen molar-refractivity contribution in [3.63, 3.8) is 0 Å². The first-order valence-electron chi connectivity index (χ1n) is 11.1. The monoisotopic (exact) mass is 509 g/mol. The van der Waals surface area contributed by atoms with Gasteiger partial charge in [0.15, 0.2) is 6.61 Å². The topological polar surface area (TPSA) is 84.5 Å². The third-order valence-electron chi connectivity index (χ3n) is 5.66. The van der Waals surface area contributed by atoms with Crippen molar-refractivity contribution < 1.29 is 9.53 Å². The lowest BCUT2D eigenvalue weighted by Gasteiger charge is -2.13. The Balaban J connectivity index is 1.77. The van der Waals surface area contributed by atoms with Gasteiger partial charge < -0.3 is 4.74 Å². The number of carbonyl (C=O) groups excluding carboxylic acids is 1. The molecule has 2 heterocycles. The first-order chi connectivity index (χ1) is 17.6. The molecule has 8 heteroatoms. The van der Waals surface area contributed by atoms with Gasteiger partial charge >= 0.3 is 5.91 Å². The Hall–Kier alpha value is -4.19. The van der Waals surface area contributed by atoms with E-state index in [1.54, 1.807) is 35.4 Å². The molecule has 5 rings (SSSR count). The number of ether oxygens (including phenoxy) is 1. The van der Waals surface area contributed by atoms with Crippen LogP contribution in [-0.2, 0) is 4.79 Å². The molecule has 0 saturated carbocycles. The van der Waals surface area contributed by atoms with Crippen molar-refractivity contribution in [3.8, 4) is 33.5 Å². The molecule has 0 aliphatic heterocycles. The van der Waals surface area contributed by atoms with Crippen LogP contribution >= 0.6 is 23.3 Å². The molecule has 6 nitrogen and oxygen atoms in total. The number of amides is 1. The van der Waals surface area contributed by atoms with E-state index < -0.39 is 12.5 Å². The summed E-state index contributed by atoms with van der Waals surface area (Å²) >= 11 is 3.24. The minimum Gasteiger partial charge on any atom is -0.482 e. The Morgan fingerprint density at radius 1 is 1.06 bits per heavy atom. The Morgan fingerprint density at radius 3 is 2.58 bits per heavy atom. The molecule has 0 fully saturated rings. The number of nitroso groups, excluding NO2 is 1. The van der Waals surface area contributed by atoms with Crippen molar-refractivity contribution in [2.24, 2.45) is 5.18 Å². The average Bonchev–Trinajstić information content (AvgIpc) is 3.55. The normalized spacial score (nSPS) is 10.8. The van der Waals surface area contributed by atoms with Crippen LogP contribution in [0.3, 0.4) is 0 Å². The quantitative estimate of drug-likeness (QED) is 0.213. The maximum Gasteiger partial charge on any atom is 0.323 e. The molecule has 0 N–H and O–H groups in total. The Morgan fingerprint density at radius 2 is 1.86 bits per heavy atom. The molecule has 0 saturated heterocycles. The Kier molecular flexibility index (Phi) is 6.67. The van der Waals surface area contributed by atoms with Gasteiger partial charge in [0.1, 0.15) is 17.4 Å². The van der Waals surface area contributed by atoms with E-state index in [-0.39, 0.29) is 11.3 Å². The Bertz CT molecular complexity index is 1610. The third-order valence-corrected chi connectivity index (χ3v) is 7.59. The van der Waals surface area contributed by atoms with E-state index in [9.17, 15) is 15.0 Å². The lowest BCUT2D eigenvalue weighted by Crippen LogP contribution is -2.08. The second kappa shape index (κ2) is 10.2. The van der Waals surface area contributed by atoms with Gasteiger partial charge in [-0.3, -0.25) is 8.77 Å². The average molecular weight is 510 g/mol. The standard InChI is InChI=1S/C28H19N3O3S2/c1-18-11-13-19(14-12-18)36-31-23-8-3-2-6-21(23)27(28(31)25-10-5-15-35-25)20-7-4-9-24(22(20)16-29)34-17-26(32)30-33/h2-15H,17H2,1H3. The number of benzene rings is 3. The lowest BCUT2D eigenvalue weighted by molar-refractivity contribution is -0.119. The van der Waals surface area contributed by atoms with Crippen LogP contribution in [0.15, 0.2) is 94.3 Å². The predicted octanol–water partition coefficient (Wildman–Crippen LogP) is 7.44. The van der Waals surface area contributed by atoms with Gasteiger partial charge in [0.2, 0.25) is 0 Å². The number of aromatic nitrogens is 1. The van der Waals surface area contributed by atoms with E-state index in [0.717, 1.165) is 31.9 Å². The van der Waals surface area contributed by atoms with Crippen LogP contribution in [0.1, 0.15) is 11.1 Å². The number of thiophene rings is 1. The van der Waals surface area contributed by atoms with E-state index >= 15 is 0 Å². The SMILES string of the molecule is Cc1ccc(Sn2c(-c3cccs3)c(-c3cccc(OCC(=O)N=O)c3C#N)c3ccccc32)cc1. The fourth-order valence-electron chi connectivity index (χ4n) is 4.06. The van der Waals surface area contributed by atoms with E-state index in [4.69, 9.17) is 4.74 Å². The molecule has 0 bridgehead atoms. The number of aryl methyl sites for hydroxylation is 1. The van der Waals surface area contributed by atoms with Gasteiger partial charge in [0, 0.05) is 26.6 Å². The zero-order chi connectivity index (χ0) is 25.1. The summed E-state index contributed by atoms with van der Waals surface area (Å²) in [6, 6.07) is 28.1. The van der Waals surface area contributed by atoms with E-state index in [1.807, 2.05) is 35.7 Å². The van der Waals surface area contributed by atoms with E-state index in [0.29, 0.717) is 5.56 Å². The van der Waals surface area contributed by atoms with Crippen molar-refractivity contribution in [1.82, 2.24) is 3.97 Å². The second-order valence-corrected chi connectivity index (χ2v) is 9.95. The van der Waals surface area contributed by atoms with Crippen molar-refractivity contribution >= 4 is 40.1 Å². The molecule has 3 aromatic carbocycles. The van der Waals surface area contributed by atoms with Crippen molar-refractivity contribution in [2.45, 2.75) is 11.8 Å². The van der Waals surface area contributed by atoms with Gasteiger partial charge in [-0.1, -0.05) is 54.1 Å². The first kappa shape index (κ1) is 23.5. The zero-order valence-electron chi connectivity index (χ0n) is 19.2. The number of para-hydroxylation sites is 1. The van der Waals surface area contributed by atoms with Crippen LogP contribution in [0.2, 0.25) is 0 Å². The van der Waals surface area contributed by atoms with Gasteiger partial charge in [-0.25, -0.2) is 0 Å². The molecule has 0 spiro atoms. The van der Waals surface area contributed by atoms with Gasteiger partial charge in [0.05, 0.1) is 16.1 Å². The van der Waals surface area contributed by atoms with Crippen molar-refractivity contribution in [3.05, 3.63) is 100 Å². The molecule has 0 aliphatic rings. The molecule has 176 valence electrons. The van der Waals surface area contributed by atoms with Crippen LogP contribution in [0, 0.1) is 23.2 Å². The lowest BCUT2D eigenvalue weighted by atomic mass is 9.96. The summed E-state index contributed by atoms with van der Waals surface area (Å²) in [5, 5.41) is 15.5. The summed E-state index contributed by atoms with van der Waals surface area (Å²) in [6.45, 7) is 1.54. The van der Waals surface area contributed by atoms with Crippen LogP contribution in [-0.4, -0.2) is 16.5 Å². The molecule has 0 unspecified atom stereocenters. The maximum absolute atomic E-state index is 11.4. The predicted molar refractivity (Wildman–Crippen MR) is 144 cm³/mol. The maximum atomic E-state index is 11.4. The summed E-state index contributed by atoms with van der Waals surface area (Å²) in [5.74, 6) is -0.707. The summed E-state index contributed by atoms with van der Waals surface area (Å²) in [7, 11) is 0. The van der Waals surface area contributed by atoms with Crippen molar-refractivity contribution in [1.29, 1.82) is 5.26 Å². The fraction of sp³-hybridized carbons (Fsp3) is 0.0714. The van der Waals surface area contributed by atoms with Gasteiger partial charge in [-0.2, -0.15) is 5.26 Å². The second-order valence-electron chi connectivity index (χ2n) is 7.98. The molecule has 1 amide bonds. The highest BCUT2D eigenvalue weighted by Crippen LogP contribution is 2.47. The Labute approximate surface area is 215 Å².